The minimum atomic E-state index is -0.428. The van der Waals surface area contributed by atoms with Gasteiger partial charge in [0.1, 0.15) is 11.4 Å². The molecule has 0 aliphatic rings. The molecule has 5 nitrogen and oxygen atoms in total. The third-order valence-corrected chi connectivity index (χ3v) is 2.59. The van der Waals surface area contributed by atoms with Gasteiger partial charge in [0.25, 0.3) is 0 Å². The van der Waals surface area contributed by atoms with Crippen molar-refractivity contribution in [2.75, 3.05) is 11.5 Å². The molecule has 0 saturated carbocycles. The van der Waals surface area contributed by atoms with Crippen molar-refractivity contribution in [3.05, 3.63) is 47.5 Å². The van der Waals surface area contributed by atoms with Gasteiger partial charge in [-0.1, -0.05) is 12.1 Å². The Morgan fingerprint density at radius 2 is 1.78 bits per heavy atom. The van der Waals surface area contributed by atoms with Gasteiger partial charge in [0, 0.05) is 11.3 Å². The molecule has 2 aromatic carbocycles. The molecule has 0 aromatic heterocycles. The Hall–Kier alpha value is -2.69. The Bertz CT molecular complexity index is 624. The highest BCUT2D eigenvalue weighted by atomic mass is 16.3. The molecule has 0 unspecified atom stereocenters. The SMILES string of the molecule is Nc1cccc(C(=O)c2ccc(O)c(N)c2O)c1. The summed E-state index contributed by atoms with van der Waals surface area (Å²) in [5.41, 5.74) is 11.6. The van der Waals surface area contributed by atoms with E-state index in [0.29, 0.717) is 11.3 Å². The zero-order valence-electron chi connectivity index (χ0n) is 9.42. The predicted octanol–water partition coefficient (Wildman–Crippen LogP) is 1.49. The zero-order valence-corrected chi connectivity index (χ0v) is 9.42. The summed E-state index contributed by atoms with van der Waals surface area (Å²) in [7, 11) is 0. The van der Waals surface area contributed by atoms with Crippen LogP contribution in [0.15, 0.2) is 36.4 Å². The van der Waals surface area contributed by atoms with E-state index in [-0.39, 0.29) is 17.0 Å². The molecule has 0 aliphatic heterocycles. The van der Waals surface area contributed by atoms with E-state index in [1.54, 1.807) is 18.2 Å². The van der Waals surface area contributed by atoms with Crippen LogP contribution in [0.25, 0.3) is 0 Å². The molecule has 0 saturated heterocycles. The number of nitrogens with two attached hydrogens (primary N) is 2. The second kappa shape index (κ2) is 4.29. The number of hydrogen-bond acceptors (Lipinski definition) is 5. The quantitative estimate of drug-likeness (QED) is 0.363. The second-order valence-electron chi connectivity index (χ2n) is 3.85. The molecule has 0 heterocycles. The van der Waals surface area contributed by atoms with Crippen molar-refractivity contribution >= 4 is 17.2 Å². The summed E-state index contributed by atoms with van der Waals surface area (Å²) in [6, 6.07) is 8.96. The number of phenols is 2. The van der Waals surface area contributed by atoms with E-state index in [4.69, 9.17) is 11.5 Å². The summed E-state index contributed by atoms with van der Waals surface area (Å²) in [5.74, 6) is -1.11. The maximum absolute atomic E-state index is 12.1. The molecule has 0 radical (unpaired) electrons. The molecular formula is C13H12N2O3. The lowest BCUT2D eigenvalue weighted by Gasteiger charge is -2.08. The number of ketones is 1. The van der Waals surface area contributed by atoms with E-state index in [2.05, 4.69) is 0 Å². The molecule has 92 valence electrons. The van der Waals surface area contributed by atoms with Crippen LogP contribution in [0.3, 0.4) is 0 Å². The van der Waals surface area contributed by atoms with Crippen molar-refractivity contribution in [1.29, 1.82) is 0 Å². The summed E-state index contributed by atoms with van der Waals surface area (Å²) >= 11 is 0. The van der Waals surface area contributed by atoms with Crippen molar-refractivity contribution < 1.29 is 15.0 Å². The number of nitrogen functional groups attached to an aromatic ring is 2. The minimum Gasteiger partial charge on any atom is -0.506 e. The summed E-state index contributed by atoms with van der Waals surface area (Å²) in [6.07, 6.45) is 0. The van der Waals surface area contributed by atoms with Crippen LogP contribution in [0.4, 0.5) is 11.4 Å². The van der Waals surface area contributed by atoms with Crippen molar-refractivity contribution in [2.45, 2.75) is 0 Å². The van der Waals surface area contributed by atoms with Crippen LogP contribution in [0.2, 0.25) is 0 Å². The van der Waals surface area contributed by atoms with E-state index in [0.717, 1.165) is 0 Å². The van der Waals surface area contributed by atoms with Gasteiger partial charge in [0.05, 0.1) is 5.56 Å². The Morgan fingerprint density at radius 3 is 2.44 bits per heavy atom. The second-order valence-corrected chi connectivity index (χ2v) is 3.85. The fraction of sp³-hybridized carbons (Fsp3) is 0. The number of benzene rings is 2. The first-order valence-corrected chi connectivity index (χ1v) is 5.21. The lowest BCUT2D eigenvalue weighted by Crippen LogP contribution is -2.04. The van der Waals surface area contributed by atoms with Crippen molar-refractivity contribution in [3.8, 4) is 11.5 Å². The normalized spacial score (nSPS) is 10.2. The standard InChI is InChI=1S/C13H12N2O3/c14-8-3-1-2-7(6-8)12(17)9-4-5-10(16)11(15)13(9)18/h1-6,16,18H,14-15H2. The van der Waals surface area contributed by atoms with Gasteiger partial charge in [0.2, 0.25) is 0 Å². The van der Waals surface area contributed by atoms with Crippen molar-refractivity contribution in [3.63, 3.8) is 0 Å². The van der Waals surface area contributed by atoms with Gasteiger partial charge in [-0.05, 0) is 24.3 Å². The fourth-order valence-electron chi connectivity index (χ4n) is 1.62. The van der Waals surface area contributed by atoms with Crippen LogP contribution in [-0.2, 0) is 0 Å². The first kappa shape index (κ1) is 11.8. The molecule has 0 amide bonds. The van der Waals surface area contributed by atoms with Crippen LogP contribution in [0.5, 0.6) is 11.5 Å². The molecule has 0 aliphatic carbocycles. The van der Waals surface area contributed by atoms with Gasteiger partial charge in [-0.3, -0.25) is 4.79 Å². The van der Waals surface area contributed by atoms with Crippen LogP contribution in [0.1, 0.15) is 15.9 Å². The molecule has 0 fully saturated rings. The van der Waals surface area contributed by atoms with Crippen LogP contribution >= 0.6 is 0 Å². The average molecular weight is 244 g/mol. The summed E-state index contributed by atoms with van der Waals surface area (Å²) in [6.45, 7) is 0. The van der Waals surface area contributed by atoms with E-state index < -0.39 is 11.5 Å². The predicted molar refractivity (Wildman–Crippen MR) is 68.5 cm³/mol. The largest absolute Gasteiger partial charge is 0.506 e. The maximum atomic E-state index is 12.1. The number of phenolic OH excluding ortho intramolecular Hbond substituents is 2. The number of aromatic hydroxyl groups is 2. The monoisotopic (exact) mass is 244 g/mol. The molecule has 18 heavy (non-hydrogen) atoms. The molecule has 2 aromatic rings. The summed E-state index contributed by atoms with van der Waals surface area (Å²) < 4.78 is 0. The van der Waals surface area contributed by atoms with E-state index >= 15 is 0 Å². The topological polar surface area (TPSA) is 110 Å². The van der Waals surface area contributed by atoms with E-state index in [1.165, 1.54) is 18.2 Å². The zero-order chi connectivity index (χ0) is 13.3. The Morgan fingerprint density at radius 1 is 1.06 bits per heavy atom. The Balaban J connectivity index is 2.50. The molecule has 0 atom stereocenters. The Labute approximate surface area is 103 Å². The van der Waals surface area contributed by atoms with Gasteiger partial charge >= 0.3 is 0 Å². The molecule has 6 N–H and O–H groups in total. The Kier molecular flexibility index (Phi) is 2.81. The number of rotatable bonds is 2. The first-order chi connectivity index (χ1) is 8.50. The van der Waals surface area contributed by atoms with Crippen molar-refractivity contribution in [2.24, 2.45) is 0 Å². The molecule has 2 rings (SSSR count). The lowest BCUT2D eigenvalue weighted by atomic mass is 10.0. The smallest absolute Gasteiger partial charge is 0.196 e. The van der Waals surface area contributed by atoms with Crippen LogP contribution < -0.4 is 11.5 Å². The molecule has 5 heteroatoms. The third kappa shape index (κ3) is 1.93. The average Bonchev–Trinajstić information content (AvgIpc) is 2.35. The molecule has 0 spiro atoms. The van der Waals surface area contributed by atoms with Gasteiger partial charge in [-0.2, -0.15) is 0 Å². The molecule has 0 bridgehead atoms. The number of anilines is 2. The first-order valence-electron chi connectivity index (χ1n) is 5.21. The fourth-order valence-corrected chi connectivity index (χ4v) is 1.62. The molecular weight excluding hydrogens is 232 g/mol. The van der Waals surface area contributed by atoms with Gasteiger partial charge in [-0.15, -0.1) is 0 Å². The third-order valence-electron chi connectivity index (χ3n) is 2.59. The maximum Gasteiger partial charge on any atom is 0.196 e. The van der Waals surface area contributed by atoms with Crippen LogP contribution in [-0.4, -0.2) is 16.0 Å². The highest BCUT2D eigenvalue weighted by Gasteiger charge is 2.17. The number of carbonyl (C=O) groups is 1. The van der Waals surface area contributed by atoms with Gasteiger partial charge in [0.15, 0.2) is 11.5 Å². The number of carbonyl (C=O) groups excluding carboxylic acids is 1. The summed E-state index contributed by atoms with van der Waals surface area (Å²) in [4.78, 5) is 12.1. The number of hydrogen-bond donors (Lipinski definition) is 4. The van der Waals surface area contributed by atoms with E-state index in [1.807, 2.05) is 0 Å². The van der Waals surface area contributed by atoms with E-state index in [9.17, 15) is 15.0 Å². The highest BCUT2D eigenvalue weighted by Crippen LogP contribution is 2.34. The van der Waals surface area contributed by atoms with Gasteiger partial charge < -0.3 is 21.7 Å². The van der Waals surface area contributed by atoms with Gasteiger partial charge in [-0.25, -0.2) is 0 Å². The highest BCUT2D eigenvalue weighted by molar-refractivity contribution is 6.12. The summed E-state index contributed by atoms with van der Waals surface area (Å²) in [5, 5.41) is 19.0. The van der Waals surface area contributed by atoms with Crippen LogP contribution in [0, 0.1) is 0 Å². The minimum absolute atomic E-state index is 0.0240. The van der Waals surface area contributed by atoms with Crippen molar-refractivity contribution in [1.82, 2.24) is 0 Å². The lowest BCUT2D eigenvalue weighted by molar-refractivity contribution is 0.103.